The number of methoxy groups -OCH3 is 1. The van der Waals surface area contributed by atoms with Gasteiger partial charge >= 0.3 is 6.03 Å². The van der Waals surface area contributed by atoms with Crippen molar-refractivity contribution in [1.29, 1.82) is 0 Å². The average Bonchev–Trinajstić information content (AvgIpc) is 2.62. The van der Waals surface area contributed by atoms with E-state index in [1.165, 1.54) is 12.1 Å². The Bertz CT molecular complexity index is 703. The fourth-order valence-corrected chi connectivity index (χ4v) is 2.03. The molecule has 0 saturated heterocycles. The van der Waals surface area contributed by atoms with Gasteiger partial charge in [0.1, 0.15) is 11.6 Å². The highest BCUT2D eigenvalue weighted by atomic mass is 19.1. The van der Waals surface area contributed by atoms with Crippen molar-refractivity contribution in [1.82, 2.24) is 10.6 Å². The number of nitrogens with one attached hydrogen (secondary N) is 3. The molecule has 0 heterocycles. The van der Waals surface area contributed by atoms with Gasteiger partial charge in [-0.25, -0.2) is 9.18 Å². The summed E-state index contributed by atoms with van der Waals surface area (Å²) in [5.74, 6) is 0.181. The van der Waals surface area contributed by atoms with Crippen molar-refractivity contribution >= 4 is 17.6 Å². The lowest BCUT2D eigenvalue weighted by atomic mass is 10.2. The number of rotatable bonds is 7. The van der Waals surface area contributed by atoms with E-state index in [1.807, 2.05) is 0 Å². The standard InChI is InChI=1S/C18H20FN3O3/c1-25-16-8-6-15(7-9-16)22-18(24)20-11-10-17(23)21-12-13-2-4-14(19)5-3-13/h2-9H,10-12H2,1H3,(H,21,23)(H2,20,22,24). The Kier molecular flexibility index (Phi) is 6.76. The van der Waals surface area contributed by atoms with Gasteiger partial charge in [0.2, 0.25) is 5.91 Å². The minimum Gasteiger partial charge on any atom is -0.497 e. The van der Waals surface area contributed by atoms with Crippen LogP contribution < -0.4 is 20.7 Å². The van der Waals surface area contributed by atoms with Crippen LogP contribution in [0.3, 0.4) is 0 Å². The van der Waals surface area contributed by atoms with E-state index >= 15 is 0 Å². The molecule has 2 aromatic carbocycles. The fraction of sp³-hybridized carbons (Fsp3) is 0.222. The van der Waals surface area contributed by atoms with E-state index < -0.39 is 6.03 Å². The van der Waals surface area contributed by atoms with E-state index in [0.717, 1.165) is 5.56 Å². The third-order valence-corrected chi connectivity index (χ3v) is 3.39. The Morgan fingerprint density at radius 1 is 1.00 bits per heavy atom. The molecule has 7 heteroatoms. The van der Waals surface area contributed by atoms with Crippen LogP contribution >= 0.6 is 0 Å². The molecule has 3 N–H and O–H groups in total. The van der Waals surface area contributed by atoms with Crippen molar-refractivity contribution in [2.75, 3.05) is 19.0 Å². The number of anilines is 1. The maximum Gasteiger partial charge on any atom is 0.319 e. The third-order valence-electron chi connectivity index (χ3n) is 3.39. The first kappa shape index (κ1) is 18.3. The number of hydrogen-bond acceptors (Lipinski definition) is 3. The number of benzene rings is 2. The number of amides is 3. The molecule has 0 unspecified atom stereocenters. The molecule has 2 aromatic rings. The predicted octanol–water partition coefficient (Wildman–Crippen LogP) is 2.66. The topological polar surface area (TPSA) is 79.5 Å². The summed E-state index contributed by atoms with van der Waals surface area (Å²) >= 11 is 0. The quantitative estimate of drug-likeness (QED) is 0.722. The number of hydrogen-bond donors (Lipinski definition) is 3. The highest BCUT2D eigenvalue weighted by Crippen LogP contribution is 2.14. The van der Waals surface area contributed by atoms with Crippen LogP contribution in [0.1, 0.15) is 12.0 Å². The number of halogens is 1. The van der Waals surface area contributed by atoms with E-state index in [0.29, 0.717) is 18.0 Å². The van der Waals surface area contributed by atoms with Crippen molar-refractivity contribution in [2.24, 2.45) is 0 Å². The van der Waals surface area contributed by atoms with Crippen molar-refractivity contribution in [3.63, 3.8) is 0 Å². The van der Waals surface area contributed by atoms with Crippen LogP contribution in [0.4, 0.5) is 14.9 Å². The molecule has 0 fully saturated rings. The van der Waals surface area contributed by atoms with Crippen LogP contribution in [-0.4, -0.2) is 25.6 Å². The molecule has 0 aliphatic heterocycles. The van der Waals surface area contributed by atoms with Crippen molar-refractivity contribution in [3.8, 4) is 5.75 Å². The van der Waals surface area contributed by atoms with Gasteiger partial charge in [0, 0.05) is 25.2 Å². The van der Waals surface area contributed by atoms with E-state index in [9.17, 15) is 14.0 Å². The highest BCUT2D eigenvalue weighted by Gasteiger charge is 2.05. The average molecular weight is 345 g/mol. The maximum atomic E-state index is 12.8. The normalized spacial score (nSPS) is 10.0. The fourth-order valence-electron chi connectivity index (χ4n) is 2.03. The minimum atomic E-state index is -0.392. The summed E-state index contributed by atoms with van der Waals surface area (Å²) in [6, 6.07) is 12.4. The molecule has 6 nitrogen and oxygen atoms in total. The lowest BCUT2D eigenvalue weighted by Crippen LogP contribution is -2.33. The molecular weight excluding hydrogens is 325 g/mol. The first-order valence-corrected chi connectivity index (χ1v) is 7.77. The van der Waals surface area contributed by atoms with Crippen LogP contribution in [-0.2, 0) is 11.3 Å². The summed E-state index contributed by atoms with van der Waals surface area (Å²) < 4.78 is 17.8. The molecule has 0 atom stereocenters. The SMILES string of the molecule is COc1ccc(NC(=O)NCCC(=O)NCc2ccc(F)cc2)cc1. The second-order valence-corrected chi connectivity index (χ2v) is 5.26. The number of urea groups is 1. The molecule has 132 valence electrons. The second-order valence-electron chi connectivity index (χ2n) is 5.26. The summed E-state index contributed by atoms with van der Waals surface area (Å²) in [4.78, 5) is 23.5. The van der Waals surface area contributed by atoms with Gasteiger partial charge in [-0.05, 0) is 42.0 Å². The zero-order chi connectivity index (χ0) is 18.1. The van der Waals surface area contributed by atoms with Crippen LogP contribution in [0.15, 0.2) is 48.5 Å². The minimum absolute atomic E-state index is 0.150. The van der Waals surface area contributed by atoms with E-state index in [-0.39, 0.29) is 24.7 Å². The van der Waals surface area contributed by atoms with Crippen LogP contribution in [0.2, 0.25) is 0 Å². The molecule has 0 aliphatic carbocycles. The van der Waals surface area contributed by atoms with Gasteiger partial charge in [0.05, 0.1) is 7.11 Å². The first-order valence-electron chi connectivity index (χ1n) is 7.77. The Morgan fingerprint density at radius 3 is 2.32 bits per heavy atom. The monoisotopic (exact) mass is 345 g/mol. The molecule has 0 saturated carbocycles. The summed E-state index contributed by atoms with van der Waals surface area (Å²) in [7, 11) is 1.57. The van der Waals surface area contributed by atoms with Gasteiger partial charge in [-0.3, -0.25) is 4.79 Å². The number of ether oxygens (including phenoxy) is 1. The number of carbonyl (C=O) groups excluding carboxylic acids is 2. The van der Waals surface area contributed by atoms with E-state index in [2.05, 4.69) is 16.0 Å². The van der Waals surface area contributed by atoms with Gasteiger partial charge in [-0.1, -0.05) is 12.1 Å². The molecule has 3 amide bonds. The Balaban J connectivity index is 1.64. The Hall–Kier alpha value is -3.09. The third kappa shape index (κ3) is 6.50. The molecular formula is C18H20FN3O3. The van der Waals surface area contributed by atoms with E-state index in [4.69, 9.17) is 4.74 Å². The molecule has 2 rings (SSSR count). The molecule has 0 radical (unpaired) electrons. The second kappa shape index (κ2) is 9.27. The summed E-state index contributed by atoms with van der Waals surface area (Å²) in [6.45, 7) is 0.522. The predicted molar refractivity (Wildman–Crippen MR) is 92.9 cm³/mol. The summed E-state index contributed by atoms with van der Waals surface area (Å²) in [5, 5.41) is 7.97. The molecule has 0 bridgehead atoms. The van der Waals surface area contributed by atoms with Crippen molar-refractivity contribution in [2.45, 2.75) is 13.0 Å². The van der Waals surface area contributed by atoms with E-state index in [1.54, 1.807) is 43.5 Å². The van der Waals surface area contributed by atoms with Gasteiger partial charge in [0.25, 0.3) is 0 Å². The molecule has 0 spiro atoms. The van der Waals surface area contributed by atoms with Crippen molar-refractivity contribution < 1.29 is 18.7 Å². The molecule has 0 aromatic heterocycles. The smallest absolute Gasteiger partial charge is 0.319 e. The van der Waals surface area contributed by atoms with Crippen LogP contribution in [0, 0.1) is 5.82 Å². The van der Waals surface area contributed by atoms with Gasteiger partial charge < -0.3 is 20.7 Å². The van der Waals surface area contributed by atoms with Gasteiger partial charge in [0.15, 0.2) is 0 Å². The summed E-state index contributed by atoms with van der Waals surface area (Å²) in [6.07, 6.45) is 0.150. The van der Waals surface area contributed by atoms with Crippen LogP contribution in [0.5, 0.6) is 5.75 Å². The number of carbonyl (C=O) groups is 2. The zero-order valence-electron chi connectivity index (χ0n) is 13.8. The molecule has 0 aliphatic rings. The van der Waals surface area contributed by atoms with Crippen molar-refractivity contribution in [3.05, 3.63) is 59.9 Å². The first-order chi connectivity index (χ1) is 12.1. The van der Waals surface area contributed by atoms with Crippen LogP contribution in [0.25, 0.3) is 0 Å². The van der Waals surface area contributed by atoms with Gasteiger partial charge in [-0.15, -0.1) is 0 Å². The molecule has 25 heavy (non-hydrogen) atoms. The maximum absolute atomic E-state index is 12.8. The lowest BCUT2D eigenvalue weighted by molar-refractivity contribution is -0.121. The summed E-state index contributed by atoms with van der Waals surface area (Å²) in [5.41, 5.74) is 1.43. The highest BCUT2D eigenvalue weighted by molar-refractivity contribution is 5.89. The van der Waals surface area contributed by atoms with Gasteiger partial charge in [-0.2, -0.15) is 0 Å². The zero-order valence-corrected chi connectivity index (χ0v) is 13.8. The lowest BCUT2D eigenvalue weighted by Gasteiger charge is -2.09. The Labute approximate surface area is 145 Å². The Morgan fingerprint density at radius 2 is 1.68 bits per heavy atom. The largest absolute Gasteiger partial charge is 0.497 e.